The van der Waals surface area contributed by atoms with E-state index in [1.54, 1.807) is 26.2 Å². The Labute approximate surface area is 163 Å². The molecular weight excluding hydrogens is 368 g/mol. The first-order valence-corrected chi connectivity index (χ1v) is 9.54. The number of amides is 1. The maximum Gasteiger partial charge on any atom is 0.222 e. The minimum atomic E-state index is 0.0802. The topological polar surface area (TPSA) is 70.1 Å². The molecule has 0 fully saturated rings. The Kier molecular flexibility index (Phi) is 8.35. The molecule has 7 nitrogen and oxygen atoms in total. The lowest BCUT2D eigenvalue weighted by Gasteiger charge is -2.20. The second-order valence-corrected chi connectivity index (χ2v) is 6.62. The van der Waals surface area contributed by atoms with Gasteiger partial charge < -0.3 is 23.8 Å². The van der Waals surface area contributed by atoms with Gasteiger partial charge >= 0.3 is 0 Å². The van der Waals surface area contributed by atoms with E-state index in [-0.39, 0.29) is 5.91 Å². The second kappa shape index (κ2) is 10.7. The second-order valence-electron chi connectivity index (χ2n) is 5.67. The predicted octanol–water partition coefficient (Wildman–Crippen LogP) is 3.12. The van der Waals surface area contributed by atoms with Crippen LogP contribution in [0.5, 0.6) is 17.2 Å². The van der Waals surface area contributed by atoms with E-state index in [2.05, 4.69) is 4.98 Å². The van der Waals surface area contributed by atoms with Gasteiger partial charge in [0.1, 0.15) is 11.6 Å². The molecular formula is C19H26N2O5S. The van der Waals surface area contributed by atoms with Gasteiger partial charge in [-0.1, -0.05) is 13.0 Å². The van der Waals surface area contributed by atoms with Gasteiger partial charge in [0.05, 0.1) is 33.1 Å². The normalized spacial score (nSPS) is 10.5. The maximum atomic E-state index is 12.1. The van der Waals surface area contributed by atoms with Crippen molar-refractivity contribution in [2.45, 2.75) is 26.5 Å². The van der Waals surface area contributed by atoms with E-state index in [0.29, 0.717) is 50.0 Å². The van der Waals surface area contributed by atoms with E-state index >= 15 is 0 Å². The SMILES string of the molecule is CCC(=O)N(CCOC)Cc1csc(COc2c(OC)cccc2OC)n1. The summed E-state index contributed by atoms with van der Waals surface area (Å²) >= 11 is 1.49. The van der Waals surface area contributed by atoms with Crippen LogP contribution in [0.2, 0.25) is 0 Å². The minimum absolute atomic E-state index is 0.0802. The number of carbonyl (C=O) groups excluding carboxylic acids is 1. The van der Waals surface area contributed by atoms with Gasteiger partial charge in [-0.15, -0.1) is 11.3 Å². The fraction of sp³-hybridized carbons (Fsp3) is 0.474. The first-order valence-electron chi connectivity index (χ1n) is 8.66. The summed E-state index contributed by atoms with van der Waals surface area (Å²) in [5.41, 5.74) is 0.837. The highest BCUT2D eigenvalue weighted by Crippen LogP contribution is 2.37. The number of hydrogen-bond acceptors (Lipinski definition) is 7. The third-order valence-electron chi connectivity index (χ3n) is 3.90. The number of para-hydroxylation sites is 1. The standard InChI is InChI=1S/C19H26N2O5S/c1-5-18(22)21(9-10-23-2)11-14-13-27-17(20-14)12-26-19-15(24-3)7-6-8-16(19)25-4/h6-8,13H,5,9-12H2,1-4H3. The molecule has 2 aromatic rings. The summed E-state index contributed by atoms with van der Waals surface area (Å²) in [5.74, 6) is 1.83. The third-order valence-corrected chi connectivity index (χ3v) is 4.77. The molecule has 0 N–H and O–H groups in total. The van der Waals surface area contributed by atoms with Crippen molar-refractivity contribution in [3.63, 3.8) is 0 Å². The van der Waals surface area contributed by atoms with Gasteiger partial charge in [0, 0.05) is 25.5 Å². The third kappa shape index (κ3) is 5.83. The number of hydrogen-bond donors (Lipinski definition) is 0. The molecule has 27 heavy (non-hydrogen) atoms. The Morgan fingerprint density at radius 3 is 2.48 bits per heavy atom. The number of aromatic nitrogens is 1. The molecule has 0 unspecified atom stereocenters. The molecule has 1 heterocycles. The summed E-state index contributed by atoms with van der Waals surface area (Å²) < 4.78 is 21.6. The van der Waals surface area contributed by atoms with Gasteiger partial charge in [-0.2, -0.15) is 0 Å². The molecule has 8 heteroatoms. The highest BCUT2D eigenvalue weighted by atomic mass is 32.1. The average molecular weight is 394 g/mol. The van der Waals surface area contributed by atoms with Crippen LogP contribution in [-0.2, 0) is 22.7 Å². The van der Waals surface area contributed by atoms with Crippen molar-refractivity contribution >= 4 is 17.2 Å². The number of thiazole rings is 1. The number of benzene rings is 1. The van der Waals surface area contributed by atoms with Gasteiger partial charge in [-0.25, -0.2) is 4.98 Å². The van der Waals surface area contributed by atoms with Crippen LogP contribution >= 0.6 is 11.3 Å². The van der Waals surface area contributed by atoms with E-state index in [9.17, 15) is 4.79 Å². The number of nitrogens with zero attached hydrogens (tertiary/aromatic N) is 2. The van der Waals surface area contributed by atoms with Gasteiger partial charge in [0.2, 0.25) is 11.7 Å². The Morgan fingerprint density at radius 2 is 1.89 bits per heavy atom. The van der Waals surface area contributed by atoms with Gasteiger partial charge in [-0.3, -0.25) is 4.79 Å². The summed E-state index contributed by atoms with van der Waals surface area (Å²) in [6.45, 7) is 3.65. The lowest BCUT2D eigenvalue weighted by Crippen LogP contribution is -2.33. The van der Waals surface area contributed by atoms with Crippen LogP contribution in [0.4, 0.5) is 0 Å². The fourth-order valence-electron chi connectivity index (χ4n) is 2.49. The molecule has 0 saturated heterocycles. The molecule has 1 aromatic carbocycles. The van der Waals surface area contributed by atoms with E-state index in [4.69, 9.17) is 18.9 Å². The Morgan fingerprint density at radius 1 is 1.19 bits per heavy atom. The molecule has 0 spiro atoms. The van der Waals surface area contributed by atoms with Crippen LogP contribution in [-0.4, -0.2) is 50.3 Å². The van der Waals surface area contributed by atoms with Crippen LogP contribution in [0.1, 0.15) is 24.0 Å². The number of ether oxygens (including phenoxy) is 4. The van der Waals surface area contributed by atoms with Crippen molar-refractivity contribution in [1.82, 2.24) is 9.88 Å². The van der Waals surface area contributed by atoms with Crippen molar-refractivity contribution in [2.75, 3.05) is 34.5 Å². The fourth-order valence-corrected chi connectivity index (χ4v) is 3.19. The highest BCUT2D eigenvalue weighted by molar-refractivity contribution is 7.09. The first kappa shape index (κ1) is 21.0. The van der Waals surface area contributed by atoms with Crippen molar-refractivity contribution in [3.05, 3.63) is 34.3 Å². The first-order chi connectivity index (χ1) is 13.1. The summed E-state index contributed by atoms with van der Waals surface area (Å²) in [5, 5.41) is 2.76. The molecule has 0 aliphatic rings. The van der Waals surface area contributed by atoms with E-state index in [1.807, 2.05) is 30.5 Å². The molecule has 0 radical (unpaired) electrons. The summed E-state index contributed by atoms with van der Waals surface area (Å²) in [7, 11) is 4.80. The Bertz CT molecular complexity index is 712. The lowest BCUT2D eigenvalue weighted by atomic mass is 10.3. The number of carbonyl (C=O) groups is 1. The quantitative estimate of drug-likeness (QED) is 0.583. The minimum Gasteiger partial charge on any atom is -0.493 e. The summed E-state index contributed by atoms with van der Waals surface area (Å²) in [6, 6.07) is 5.47. The zero-order chi connectivity index (χ0) is 19.6. The smallest absolute Gasteiger partial charge is 0.222 e. The number of rotatable bonds is 11. The van der Waals surface area contributed by atoms with Crippen LogP contribution in [0.25, 0.3) is 0 Å². The zero-order valence-corrected chi connectivity index (χ0v) is 17.0. The van der Waals surface area contributed by atoms with Crippen LogP contribution in [0.15, 0.2) is 23.6 Å². The van der Waals surface area contributed by atoms with Crippen molar-refractivity contribution in [2.24, 2.45) is 0 Å². The summed E-state index contributed by atoms with van der Waals surface area (Å²) in [4.78, 5) is 18.4. The molecule has 0 saturated carbocycles. The van der Waals surface area contributed by atoms with Crippen molar-refractivity contribution in [3.8, 4) is 17.2 Å². The average Bonchev–Trinajstić information content (AvgIpc) is 3.15. The maximum absolute atomic E-state index is 12.1. The van der Waals surface area contributed by atoms with E-state index in [1.165, 1.54) is 11.3 Å². The van der Waals surface area contributed by atoms with Crippen LogP contribution < -0.4 is 14.2 Å². The molecule has 1 amide bonds. The molecule has 0 aliphatic carbocycles. The van der Waals surface area contributed by atoms with E-state index < -0.39 is 0 Å². The van der Waals surface area contributed by atoms with E-state index in [0.717, 1.165) is 10.7 Å². The predicted molar refractivity (Wildman–Crippen MR) is 104 cm³/mol. The Balaban J connectivity index is 2.03. The van der Waals surface area contributed by atoms with Crippen LogP contribution in [0.3, 0.4) is 0 Å². The molecule has 0 bridgehead atoms. The highest BCUT2D eigenvalue weighted by Gasteiger charge is 2.15. The Hall–Kier alpha value is -2.32. The van der Waals surface area contributed by atoms with Gasteiger partial charge in [0.15, 0.2) is 11.5 Å². The van der Waals surface area contributed by atoms with Crippen molar-refractivity contribution in [1.29, 1.82) is 0 Å². The monoisotopic (exact) mass is 394 g/mol. The largest absolute Gasteiger partial charge is 0.493 e. The zero-order valence-electron chi connectivity index (χ0n) is 16.2. The van der Waals surface area contributed by atoms with Crippen LogP contribution in [0, 0.1) is 0 Å². The number of methoxy groups -OCH3 is 3. The molecule has 1 aromatic heterocycles. The lowest BCUT2D eigenvalue weighted by molar-refractivity contribution is -0.132. The van der Waals surface area contributed by atoms with Gasteiger partial charge in [0.25, 0.3) is 0 Å². The van der Waals surface area contributed by atoms with Crippen molar-refractivity contribution < 1.29 is 23.7 Å². The molecule has 0 atom stereocenters. The molecule has 0 aliphatic heterocycles. The van der Waals surface area contributed by atoms with Gasteiger partial charge in [-0.05, 0) is 12.1 Å². The molecule has 148 valence electrons. The summed E-state index contributed by atoms with van der Waals surface area (Å²) in [6.07, 6.45) is 0.456. The molecule has 2 rings (SSSR count).